The summed E-state index contributed by atoms with van der Waals surface area (Å²) in [7, 11) is 6.47. The van der Waals surface area contributed by atoms with E-state index >= 15 is 0 Å². The van der Waals surface area contributed by atoms with Gasteiger partial charge in [-0.2, -0.15) is 0 Å². The first-order valence-electron chi connectivity index (χ1n) is 9.95. The molecule has 0 spiro atoms. The molecule has 8 heteroatoms. The predicted molar refractivity (Wildman–Crippen MR) is 129 cm³/mol. The molecule has 0 aliphatic carbocycles. The Hall–Kier alpha value is -3.52. The molecule has 0 radical (unpaired) electrons. The SMILES string of the molecule is COc1ccc(NC(=S)N(Cc2cccnc2)Cc2ccc(OC)c(OC)c2)c(OC)c1. The number of nitrogens with zero attached hydrogens (tertiary/aromatic N) is 2. The predicted octanol–water partition coefficient (Wildman–Crippen LogP) is 4.52. The smallest absolute Gasteiger partial charge is 0.174 e. The lowest BCUT2D eigenvalue weighted by Gasteiger charge is -2.27. The van der Waals surface area contributed by atoms with Gasteiger partial charge < -0.3 is 29.2 Å². The van der Waals surface area contributed by atoms with Crippen LogP contribution >= 0.6 is 12.2 Å². The summed E-state index contributed by atoms with van der Waals surface area (Å²) in [6.45, 7) is 1.13. The molecule has 0 amide bonds. The number of nitrogens with one attached hydrogen (secondary N) is 1. The molecular formula is C24H27N3O4S. The molecule has 7 nitrogen and oxygen atoms in total. The Morgan fingerprint density at radius 1 is 0.844 bits per heavy atom. The van der Waals surface area contributed by atoms with Gasteiger partial charge >= 0.3 is 0 Å². The number of pyridine rings is 1. The Balaban J connectivity index is 1.86. The van der Waals surface area contributed by atoms with Crippen molar-refractivity contribution < 1.29 is 18.9 Å². The van der Waals surface area contributed by atoms with Gasteiger partial charge in [0.05, 0.1) is 34.1 Å². The van der Waals surface area contributed by atoms with E-state index in [1.165, 1.54) is 0 Å². The van der Waals surface area contributed by atoms with Crippen molar-refractivity contribution in [1.82, 2.24) is 9.88 Å². The fourth-order valence-corrected chi connectivity index (χ4v) is 3.45. The highest BCUT2D eigenvalue weighted by atomic mass is 32.1. The van der Waals surface area contributed by atoms with Crippen molar-refractivity contribution in [2.75, 3.05) is 33.8 Å². The molecule has 0 aliphatic rings. The molecule has 2 aromatic carbocycles. The maximum Gasteiger partial charge on any atom is 0.174 e. The van der Waals surface area contributed by atoms with Crippen LogP contribution in [0.5, 0.6) is 23.0 Å². The van der Waals surface area contributed by atoms with Crippen LogP contribution in [-0.4, -0.2) is 43.4 Å². The molecule has 32 heavy (non-hydrogen) atoms. The van der Waals surface area contributed by atoms with Crippen LogP contribution in [0.2, 0.25) is 0 Å². The Morgan fingerprint density at radius 2 is 1.59 bits per heavy atom. The van der Waals surface area contributed by atoms with Crippen molar-refractivity contribution in [1.29, 1.82) is 0 Å². The third kappa shape index (κ3) is 5.79. The highest BCUT2D eigenvalue weighted by Crippen LogP contribution is 2.31. The lowest BCUT2D eigenvalue weighted by atomic mass is 10.1. The first kappa shape index (κ1) is 23.1. The molecule has 1 N–H and O–H groups in total. The molecule has 0 saturated carbocycles. The molecule has 0 atom stereocenters. The highest BCUT2D eigenvalue weighted by molar-refractivity contribution is 7.80. The third-order valence-corrected chi connectivity index (χ3v) is 5.22. The van der Waals surface area contributed by atoms with Crippen LogP contribution in [-0.2, 0) is 13.1 Å². The number of thiocarbonyl (C=S) groups is 1. The summed E-state index contributed by atoms with van der Waals surface area (Å²) in [4.78, 5) is 6.28. The van der Waals surface area contributed by atoms with Crippen molar-refractivity contribution in [3.05, 3.63) is 72.1 Å². The summed E-state index contributed by atoms with van der Waals surface area (Å²) in [6.07, 6.45) is 3.58. The number of aromatic nitrogens is 1. The van der Waals surface area contributed by atoms with Crippen LogP contribution in [0.25, 0.3) is 0 Å². The Bertz CT molecular complexity index is 1050. The normalized spacial score (nSPS) is 10.2. The number of hydrogen-bond donors (Lipinski definition) is 1. The zero-order valence-corrected chi connectivity index (χ0v) is 19.4. The Labute approximate surface area is 193 Å². The first-order valence-corrected chi connectivity index (χ1v) is 10.4. The topological polar surface area (TPSA) is 65.1 Å². The number of ether oxygens (including phenoxy) is 4. The van der Waals surface area contributed by atoms with Gasteiger partial charge in [0.25, 0.3) is 0 Å². The van der Waals surface area contributed by atoms with Crippen LogP contribution in [0.4, 0.5) is 5.69 Å². The van der Waals surface area contributed by atoms with Crippen LogP contribution in [0.15, 0.2) is 60.9 Å². The average Bonchev–Trinajstić information content (AvgIpc) is 2.84. The summed E-state index contributed by atoms with van der Waals surface area (Å²) in [6, 6.07) is 15.3. The molecule has 0 unspecified atom stereocenters. The summed E-state index contributed by atoms with van der Waals surface area (Å²) < 4.78 is 21.6. The summed E-state index contributed by atoms with van der Waals surface area (Å²) in [5.41, 5.74) is 2.82. The number of benzene rings is 2. The molecule has 0 fully saturated rings. The Morgan fingerprint density at radius 3 is 2.25 bits per heavy atom. The van der Waals surface area contributed by atoms with Gasteiger partial charge in [0, 0.05) is 31.5 Å². The zero-order chi connectivity index (χ0) is 22.9. The molecular weight excluding hydrogens is 426 g/mol. The molecule has 168 valence electrons. The lowest BCUT2D eigenvalue weighted by molar-refractivity contribution is 0.352. The number of anilines is 1. The molecule has 3 rings (SSSR count). The van der Waals surface area contributed by atoms with Gasteiger partial charge in [-0.1, -0.05) is 12.1 Å². The average molecular weight is 454 g/mol. The van der Waals surface area contributed by atoms with E-state index in [-0.39, 0.29) is 0 Å². The second-order valence-corrected chi connectivity index (χ2v) is 7.29. The molecule has 1 aromatic heterocycles. The van der Waals surface area contributed by atoms with Gasteiger partial charge in [-0.05, 0) is 53.7 Å². The van der Waals surface area contributed by atoms with E-state index in [2.05, 4.69) is 15.2 Å². The van der Waals surface area contributed by atoms with E-state index in [4.69, 9.17) is 31.2 Å². The summed E-state index contributed by atoms with van der Waals surface area (Å²) >= 11 is 5.79. The first-order chi connectivity index (χ1) is 15.6. The standard InChI is InChI=1S/C24H27N3O4S/c1-28-19-8-9-20(22(13-19)30-3)26-24(32)27(16-18-6-5-11-25-14-18)15-17-7-10-21(29-2)23(12-17)31-4/h5-14H,15-16H2,1-4H3,(H,26,32). The van der Waals surface area contributed by atoms with E-state index in [0.29, 0.717) is 41.2 Å². The molecule has 3 aromatic rings. The summed E-state index contributed by atoms with van der Waals surface area (Å²) in [5.74, 6) is 2.69. The molecule has 0 saturated heterocycles. The van der Waals surface area contributed by atoms with E-state index in [1.54, 1.807) is 34.6 Å². The third-order valence-electron chi connectivity index (χ3n) is 4.86. The fourth-order valence-electron chi connectivity index (χ4n) is 3.21. The number of hydrogen-bond acceptors (Lipinski definition) is 6. The number of rotatable bonds is 9. The van der Waals surface area contributed by atoms with Crippen LogP contribution in [0.3, 0.4) is 0 Å². The van der Waals surface area contributed by atoms with Crippen molar-refractivity contribution in [3.63, 3.8) is 0 Å². The highest BCUT2D eigenvalue weighted by Gasteiger charge is 2.16. The monoisotopic (exact) mass is 453 g/mol. The minimum Gasteiger partial charge on any atom is -0.497 e. The van der Waals surface area contributed by atoms with Gasteiger partial charge in [0.15, 0.2) is 16.6 Å². The maximum absolute atomic E-state index is 5.79. The molecule has 0 bridgehead atoms. The Kier molecular flexibility index (Phi) is 8.10. The zero-order valence-electron chi connectivity index (χ0n) is 18.6. The van der Waals surface area contributed by atoms with Gasteiger partial charge in [-0.15, -0.1) is 0 Å². The largest absolute Gasteiger partial charge is 0.497 e. The van der Waals surface area contributed by atoms with Gasteiger partial charge in [0.2, 0.25) is 0 Å². The summed E-state index contributed by atoms with van der Waals surface area (Å²) in [5, 5.41) is 3.85. The fraction of sp³-hybridized carbons (Fsp3) is 0.250. The van der Waals surface area contributed by atoms with Gasteiger partial charge in [0.1, 0.15) is 11.5 Å². The van der Waals surface area contributed by atoms with Crippen molar-refractivity contribution >= 4 is 23.0 Å². The molecule has 1 heterocycles. The van der Waals surface area contributed by atoms with E-state index in [1.807, 2.05) is 54.7 Å². The maximum atomic E-state index is 5.79. The van der Waals surface area contributed by atoms with Crippen molar-refractivity contribution in [2.24, 2.45) is 0 Å². The van der Waals surface area contributed by atoms with Gasteiger partial charge in [-0.25, -0.2) is 0 Å². The molecule has 0 aliphatic heterocycles. The number of methoxy groups -OCH3 is 4. The minimum absolute atomic E-state index is 0.548. The van der Waals surface area contributed by atoms with Crippen LogP contribution in [0.1, 0.15) is 11.1 Å². The van der Waals surface area contributed by atoms with Gasteiger partial charge in [-0.3, -0.25) is 4.98 Å². The van der Waals surface area contributed by atoms with Crippen molar-refractivity contribution in [2.45, 2.75) is 13.1 Å². The second-order valence-electron chi connectivity index (χ2n) is 6.90. The second kappa shape index (κ2) is 11.2. The minimum atomic E-state index is 0.548. The van der Waals surface area contributed by atoms with Crippen molar-refractivity contribution in [3.8, 4) is 23.0 Å². The van der Waals surface area contributed by atoms with E-state index < -0.39 is 0 Å². The van der Waals surface area contributed by atoms with E-state index in [0.717, 1.165) is 16.8 Å². The quantitative estimate of drug-likeness (QED) is 0.475. The van der Waals surface area contributed by atoms with E-state index in [9.17, 15) is 0 Å². The van der Waals surface area contributed by atoms with Crippen LogP contribution < -0.4 is 24.3 Å². The van der Waals surface area contributed by atoms with Crippen LogP contribution in [0, 0.1) is 0 Å². The lowest BCUT2D eigenvalue weighted by Crippen LogP contribution is -2.34.